The number of hydrogen-bond acceptors (Lipinski definition) is 4. The first kappa shape index (κ1) is 11.2. The molecule has 0 aliphatic carbocycles. The van der Waals surface area contributed by atoms with Crippen LogP contribution in [0.5, 0.6) is 0 Å². The molecule has 1 atom stereocenters. The zero-order valence-electron chi connectivity index (χ0n) is 8.34. The van der Waals surface area contributed by atoms with Crippen molar-refractivity contribution in [3.8, 4) is 0 Å². The molecule has 1 unspecified atom stereocenters. The van der Waals surface area contributed by atoms with Crippen molar-refractivity contribution >= 4 is 9.84 Å². The van der Waals surface area contributed by atoms with Gasteiger partial charge in [-0.25, -0.2) is 13.4 Å². The summed E-state index contributed by atoms with van der Waals surface area (Å²) in [4.78, 5) is 3.92. The minimum atomic E-state index is -2.93. The van der Waals surface area contributed by atoms with Gasteiger partial charge in [-0.05, 0) is 6.42 Å². The minimum Gasteiger partial charge on any atom is -0.336 e. The molecule has 2 N–H and O–H groups in total. The molecule has 0 saturated carbocycles. The quantitative estimate of drug-likeness (QED) is 0.761. The van der Waals surface area contributed by atoms with E-state index in [1.807, 2.05) is 7.05 Å². The van der Waals surface area contributed by atoms with Gasteiger partial charge < -0.3 is 10.3 Å². The predicted octanol–water partition coefficient (Wildman–Crippen LogP) is -0.145. The number of imidazole rings is 1. The third kappa shape index (κ3) is 3.12. The Morgan fingerprint density at radius 2 is 2.29 bits per heavy atom. The first-order valence-electron chi connectivity index (χ1n) is 4.29. The summed E-state index contributed by atoms with van der Waals surface area (Å²) in [5, 5.41) is 0. The van der Waals surface area contributed by atoms with Crippen LogP contribution in [0.2, 0.25) is 0 Å². The predicted molar refractivity (Wildman–Crippen MR) is 54.5 cm³/mol. The molecule has 0 radical (unpaired) electrons. The fourth-order valence-corrected chi connectivity index (χ4v) is 1.90. The maximum atomic E-state index is 10.9. The second kappa shape index (κ2) is 4.10. The van der Waals surface area contributed by atoms with Crippen molar-refractivity contribution in [2.75, 3.05) is 12.0 Å². The van der Waals surface area contributed by atoms with Gasteiger partial charge in [0.1, 0.15) is 9.84 Å². The van der Waals surface area contributed by atoms with Crippen LogP contribution in [0.15, 0.2) is 12.5 Å². The third-order valence-corrected chi connectivity index (χ3v) is 3.01. The standard InChI is InChI=1S/C8H15N3O2S/c1-11-6-10-5-8(11)7(9)3-4-14(2,12)13/h5-7H,3-4,9H2,1-2H3. The molecule has 0 aromatic carbocycles. The third-order valence-electron chi connectivity index (χ3n) is 2.03. The van der Waals surface area contributed by atoms with Crippen molar-refractivity contribution in [3.05, 3.63) is 18.2 Å². The summed E-state index contributed by atoms with van der Waals surface area (Å²) < 4.78 is 23.6. The van der Waals surface area contributed by atoms with Crippen molar-refractivity contribution in [1.29, 1.82) is 0 Å². The first-order valence-corrected chi connectivity index (χ1v) is 6.36. The van der Waals surface area contributed by atoms with E-state index in [4.69, 9.17) is 5.73 Å². The largest absolute Gasteiger partial charge is 0.336 e. The number of nitrogens with zero attached hydrogens (tertiary/aromatic N) is 2. The summed E-state index contributed by atoms with van der Waals surface area (Å²) in [6.45, 7) is 0. The zero-order chi connectivity index (χ0) is 10.8. The van der Waals surface area contributed by atoms with E-state index in [1.54, 1.807) is 17.1 Å². The molecule has 0 fully saturated rings. The van der Waals surface area contributed by atoms with Crippen LogP contribution in [0, 0.1) is 0 Å². The molecule has 0 aliphatic heterocycles. The molecular weight excluding hydrogens is 202 g/mol. The maximum Gasteiger partial charge on any atom is 0.147 e. The van der Waals surface area contributed by atoms with Gasteiger partial charge in [0.2, 0.25) is 0 Å². The summed E-state index contributed by atoms with van der Waals surface area (Å²) in [5.41, 5.74) is 6.68. The van der Waals surface area contributed by atoms with Crippen LogP contribution in [-0.4, -0.2) is 30.0 Å². The summed E-state index contributed by atoms with van der Waals surface area (Å²) in [6.07, 6.45) is 4.95. The van der Waals surface area contributed by atoms with Gasteiger partial charge in [0, 0.05) is 25.5 Å². The average Bonchev–Trinajstić information content (AvgIpc) is 2.46. The smallest absolute Gasteiger partial charge is 0.147 e. The van der Waals surface area contributed by atoms with E-state index in [9.17, 15) is 8.42 Å². The van der Waals surface area contributed by atoms with Crippen molar-refractivity contribution in [2.24, 2.45) is 12.8 Å². The number of rotatable bonds is 4. The van der Waals surface area contributed by atoms with Crippen LogP contribution in [0.1, 0.15) is 18.2 Å². The van der Waals surface area contributed by atoms with Gasteiger partial charge in [-0.1, -0.05) is 0 Å². The van der Waals surface area contributed by atoms with E-state index >= 15 is 0 Å². The Kier molecular flexibility index (Phi) is 3.28. The van der Waals surface area contributed by atoms with Crippen molar-refractivity contribution < 1.29 is 8.42 Å². The molecule has 0 bridgehead atoms. The van der Waals surface area contributed by atoms with Gasteiger partial charge in [-0.15, -0.1) is 0 Å². The van der Waals surface area contributed by atoms with E-state index in [2.05, 4.69) is 4.98 Å². The topological polar surface area (TPSA) is 78.0 Å². The summed E-state index contributed by atoms with van der Waals surface area (Å²) in [7, 11) is -1.10. The Balaban J connectivity index is 2.60. The fourth-order valence-electron chi connectivity index (χ4n) is 1.21. The van der Waals surface area contributed by atoms with E-state index in [0.717, 1.165) is 5.69 Å². The van der Waals surface area contributed by atoms with Crippen molar-refractivity contribution in [1.82, 2.24) is 9.55 Å². The highest BCUT2D eigenvalue weighted by Crippen LogP contribution is 2.12. The Labute approximate surface area is 83.9 Å². The van der Waals surface area contributed by atoms with Crippen LogP contribution in [0.25, 0.3) is 0 Å². The normalized spacial score (nSPS) is 14.2. The van der Waals surface area contributed by atoms with Gasteiger partial charge in [0.15, 0.2) is 0 Å². The van der Waals surface area contributed by atoms with Gasteiger partial charge in [0.25, 0.3) is 0 Å². The highest BCUT2D eigenvalue weighted by atomic mass is 32.2. The highest BCUT2D eigenvalue weighted by molar-refractivity contribution is 7.90. The highest BCUT2D eigenvalue weighted by Gasteiger charge is 2.12. The van der Waals surface area contributed by atoms with Crippen LogP contribution < -0.4 is 5.73 Å². The SMILES string of the molecule is Cn1cncc1C(N)CCS(C)(=O)=O. The summed E-state index contributed by atoms with van der Waals surface area (Å²) in [5.74, 6) is 0.110. The fraction of sp³-hybridized carbons (Fsp3) is 0.625. The van der Waals surface area contributed by atoms with Crippen LogP contribution >= 0.6 is 0 Å². The Morgan fingerprint density at radius 1 is 1.64 bits per heavy atom. The molecule has 1 rings (SSSR count). The molecule has 5 nitrogen and oxygen atoms in total. The van der Waals surface area contributed by atoms with E-state index in [0.29, 0.717) is 6.42 Å². The molecular formula is C8H15N3O2S. The second-order valence-corrected chi connectivity index (χ2v) is 5.71. The van der Waals surface area contributed by atoms with Gasteiger partial charge in [0.05, 0.1) is 17.8 Å². The minimum absolute atomic E-state index is 0.110. The number of aryl methyl sites for hydroxylation is 1. The Hall–Kier alpha value is -0.880. The second-order valence-electron chi connectivity index (χ2n) is 3.45. The van der Waals surface area contributed by atoms with Crippen molar-refractivity contribution in [3.63, 3.8) is 0 Å². The van der Waals surface area contributed by atoms with Gasteiger partial charge >= 0.3 is 0 Å². The van der Waals surface area contributed by atoms with Crippen LogP contribution in [0.3, 0.4) is 0 Å². The van der Waals surface area contributed by atoms with Crippen molar-refractivity contribution in [2.45, 2.75) is 12.5 Å². The van der Waals surface area contributed by atoms with Crippen LogP contribution in [-0.2, 0) is 16.9 Å². The molecule has 0 spiro atoms. The number of nitrogens with two attached hydrogens (primary N) is 1. The van der Waals surface area contributed by atoms with Crippen LogP contribution in [0.4, 0.5) is 0 Å². The lowest BCUT2D eigenvalue weighted by Gasteiger charge is -2.10. The number of aromatic nitrogens is 2. The lowest BCUT2D eigenvalue weighted by molar-refractivity contribution is 0.585. The molecule has 0 amide bonds. The molecule has 14 heavy (non-hydrogen) atoms. The molecule has 1 heterocycles. The Bertz CT molecular complexity index is 396. The molecule has 0 saturated heterocycles. The van der Waals surface area contributed by atoms with Gasteiger partial charge in [-0.3, -0.25) is 0 Å². The number of sulfone groups is 1. The molecule has 0 aliphatic rings. The lowest BCUT2D eigenvalue weighted by Crippen LogP contribution is -2.17. The molecule has 1 aromatic rings. The number of hydrogen-bond donors (Lipinski definition) is 1. The molecule has 1 aromatic heterocycles. The van der Waals surface area contributed by atoms with E-state index in [-0.39, 0.29) is 11.8 Å². The van der Waals surface area contributed by atoms with Gasteiger partial charge in [-0.2, -0.15) is 0 Å². The average molecular weight is 217 g/mol. The van der Waals surface area contributed by atoms with E-state index in [1.165, 1.54) is 6.26 Å². The lowest BCUT2D eigenvalue weighted by atomic mass is 10.2. The van der Waals surface area contributed by atoms with E-state index < -0.39 is 9.84 Å². The maximum absolute atomic E-state index is 10.9. The Morgan fingerprint density at radius 3 is 2.71 bits per heavy atom. The zero-order valence-corrected chi connectivity index (χ0v) is 9.16. The molecule has 80 valence electrons. The molecule has 6 heteroatoms. The summed E-state index contributed by atoms with van der Waals surface area (Å²) >= 11 is 0. The first-order chi connectivity index (χ1) is 6.40. The summed E-state index contributed by atoms with van der Waals surface area (Å²) in [6, 6.07) is -0.266. The monoisotopic (exact) mass is 217 g/mol.